The van der Waals surface area contributed by atoms with Crippen molar-refractivity contribution >= 4 is 0 Å². The molecule has 1 heterocycles. The lowest BCUT2D eigenvalue weighted by Crippen LogP contribution is -2.05. The predicted octanol–water partition coefficient (Wildman–Crippen LogP) is 4.44. The number of benzene rings is 2. The Balaban J connectivity index is 2.02. The summed E-state index contributed by atoms with van der Waals surface area (Å²) in [7, 11) is 0. The highest BCUT2D eigenvalue weighted by Crippen LogP contribution is 2.40. The van der Waals surface area contributed by atoms with Crippen LogP contribution in [0.1, 0.15) is 23.2 Å². The molecule has 1 aliphatic carbocycles. The fraction of sp³-hybridized carbons (Fsp3) is 0.227. The van der Waals surface area contributed by atoms with Crippen molar-refractivity contribution in [3.63, 3.8) is 0 Å². The van der Waals surface area contributed by atoms with Gasteiger partial charge in [-0.25, -0.2) is 0 Å². The molecule has 0 radical (unpaired) electrons. The largest absolute Gasteiger partial charge is 0.396 e. The summed E-state index contributed by atoms with van der Waals surface area (Å²) in [6, 6.07) is 21.0. The van der Waals surface area contributed by atoms with Crippen LogP contribution in [0.5, 0.6) is 0 Å². The normalized spacial score (nSPS) is 13.0. The van der Waals surface area contributed by atoms with Crippen LogP contribution in [0.15, 0.2) is 60.7 Å². The number of hydrogen-bond acceptors (Lipinski definition) is 2. The predicted molar refractivity (Wildman–Crippen MR) is 97.9 cm³/mol. The minimum atomic E-state index is 0.151. The van der Waals surface area contributed by atoms with Crippen LogP contribution in [0.25, 0.3) is 22.4 Å². The Bertz CT molecular complexity index is 841. The molecule has 0 saturated carbocycles. The van der Waals surface area contributed by atoms with E-state index in [0.717, 1.165) is 29.8 Å². The third kappa shape index (κ3) is 2.63. The Morgan fingerprint density at radius 1 is 0.792 bits per heavy atom. The Kier molecular flexibility index (Phi) is 4.14. The van der Waals surface area contributed by atoms with E-state index in [2.05, 4.69) is 54.6 Å². The second kappa shape index (κ2) is 6.58. The van der Waals surface area contributed by atoms with Crippen LogP contribution >= 0.6 is 0 Å². The molecular weight excluding hydrogens is 294 g/mol. The highest BCUT2D eigenvalue weighted by molar-refractivity contribution is 5.84. The van der Waals surface area contributed by atoms with E-state index < -0.39 is 0 Å². The molecule has 1 aliphatic rings. The number of aliphatic hydroxyl groups excluding tert-OH is 1. The monoisotopic (exact) mass is 315 g/mol. The van der Waals surface area contributed by atoms with Gasteiger partial charge in [0.05, 0.1) is 5.69 Å². The number of hydrogen-bond donors (Lipinski definition) is 1. The molecule has 24 heavy (non-hydrogen) atoms. The molecule has 3 aromatic rings. The van der Waals surface area contributed by atoms with Crippen LogP contribution in [0.4, 0.5) is 0 Å². The molecule has 2 nitrogen and oxygen atoms in total. The van der Waals surface area contributed by atoms with Crippen LogP contribution in [0, 0.1) is 0 Å². The quantitative estimate of drug-likeness (QED) is 0.772. The molecule has 120 valence electrons. The third-order valence-corrected chi connectivity index (χ3v) is 4.81. The summed E-state index contributed by atoms with van der Waals surface area (Å²) >= 11 is 0. The molecule has 0 bridgehead atoms. The van der Waals surface area contributed by atoms with Gasteiger partial charge in [-0.2, -0.15) is 0 Å². The minimum Gasteiger partial charge on any atom is -0.396 e. The number of nitrogens with zero attached hydrogens (tertiary/aromatic N) is 1. The van der Waals surface area contributed by atoms with Crippen molar-refractivity contribution in [2.24, 2.45) is 0 Å². The van der Waals surface area contributed by atoms with Crippen molar-refractivity contribution in [3.05, 3.63) is 77.5 Å². The van der Waals surface area contributed by atoms with E-state index >= 15 is 0 Å². The fourth-order valence-electron chi connectivity index (χ4n) is 3.77. The highest BCUT2D eigenvalue weighted by atomic mass is 16.3. The van der Waals surface area contributed by atoms with Gasteiger partial charge in [0, 0.05) is 29.8 Å². The summed E-state index contributed by atoms with van der Waals surface area (Å²) in [4.78, 5) is 5.02. The molecule has 0 aliphatic heterocycles. The second-order valence-corrected chi connectivity index (χ2v) is 6.30. The Hall–Kier alpha value is -2.45. The van der Waals surface area contributed by atoms with E-state index in [1.54, 1.807) is 0 Å². The van der Waals surface area contributed by atoms with Gasteiger partial charge < -0.3 is 5.11 Å². The zero-order valence-corrected chi connectivity index (χ0v) is 13.7. The summed E-state index contributed by atoms with van der Waals surface area (Å²) in [5, 5.41) is 9.46. The van der Waals surface area contributed by atoms with Gasteiger partial charge in [0.2, 0.25) is 0 Å². The zero-order valence-electron chi connectivity index (χ0n) is 13.7. The zero-order chi connectivity index (χ0) is 16.4. The SMILES string of the molecule is OCCc1nc(-c2ccccc2)c(-c2ccccc2)c2c1CCC2. The van der Waals surface area contributed by atoms with Crippen LogP contribution in [0.3, 0.4) is 0 Å². The van der Waals surface area contributed by atoms with Crippen LogP contribution in [-0.2, 0) is 19.3 Å². The maximum Gasteiger partial charge on any atom is 0.0786 e. The first kappa shape index (κ1) is 15.1. The third-order valence-electron chi connectivity index (χ3n) is 4.81. The van der Waals surface area contributed by atoms with Gasteiger partial charge in [0.15, 0.2) is 0 Å². The van der Waals surface area contributed by atoms with E-state index in [4.69, 9.17) is 4.98 Å². The van der Waals surface area contributed by atoms with Gasteiger partial charge >= 0.3 is 0 Å². The number of rotatable bonds is 4. The molecule has 4 rings (SSSR count). The molecule has 2 aromatic carbocycles. The van der Waals surface area contributed by atoms with Crippen LogP contribution in [0.2, 0.25) is 0 Å². The van der Waals surface area contributed by atoms with Gasteiger partial charge in [0.1, 0.15) is 0 Å². The summed E-state index contributed by atoms with van der Waals surface area (Å²) in [6.45, 7) is 0.151. The maximum atomic E-state index is 9.46. The molecule has 1 aromatic heterocycles. The van der Waals surface area contributed by atoms with Crippen molar-refractivity contribution in [2.75, 3.05) is 6.61 Å². The first-order valence-corrected chi connectivity index (χ1v) is 8.65. The molecule has 0 spiro atoms. The standard InChI is InChI=1S/C22H21NO/c24-15-14-20-18-12-7-13-19(18)21(16-8-3-1-4-9-16)22(23-20)17-10-5-2-6-11-17/h1-6,8-11,24H,7,12-15H2. The Morgan fingerprint density at radius 2 is 1.42 bits per heavy atom. The Morgan fingerprint density at radius 3 is 2.08 bits per heavy atom. The van der Waals surface area contributed by atoms with Crippen molar-refractivity contribution in [1.82, 2.24) is 4.98 Å². The van der Waals surface area contributed by atoms with Crippen molar-refractivity contribution in [1.29, 1.82) is 0 Å². The first-order chi connectivity index (χ1) is 11.9. The molecule has 1 N–H and O–H groups in total. The average molecular weight is 315 g/mol. The van der Waals surface area contributed by atoms with Gasteiger partial charge in [0.25, 0.3) is 0 Å². The van der Waals surface area contributed by atoms with Gasteiger partial charge in [-0.15, -0.1) is 0 Å². The smallest absolute Gasteiger partial charge is 0.0786 e. The molecular formula is C22H21NO. The van der Waals surface area contributed by atoms with E-state index in [1.165, 1.54) is 28.7 Å². The summed E-state index contributed by atoms with van der Waals surface area (Å²) < 4.78 is 0. The lowest BCUT2D eigenvalue weighted by atomic mass is 9.91. The summed E-state index contributed by atoms with van der Waals surface area (Å²) in [6.07, 6.45) is 3.98. The number of aliphatic hydroxyl groups is 1. The van der Waals surface area contributed by atoms with Gasteiger partial charge in [-0.05, 0) is 36.0 Å². The van der Waals surface area contributed by atoms with Crippen molar-refractivity contribution in [3.8, 4) is 22.4 Å². The Labute approximate surface area is 142 Å². The molecule has 0 atom stereocenters. The van der Waals surface area contributed by atoms with Crippen LogP contribution < -0.4 is 0 Å². The average Bonchev–Trinajstić information content (AvgIpc) is 3.13. The van der Waals surface area contributed by atoms with E-state index in [1.807, 2.05) is 6.07 Å². The molecule has 0 unspecified atom stereocenters. The molecule has 0 fully saturated rings. The van der Waals surface area contributed by atoms with E-state index in [-0.39, 0.29) is 6.61 Å². The number of fused-ring (bicyclic) bond motifs is 1. The summed E-state index contributed by atoms with van der Waals surface area (Å²) in [5.74, 6) is 0. The first-order valence-electron chi connectivity index (χ1n) is 8.65. The second-order valence-electron chi connectivity index (χ2n) is 6.30. The molecule has 2 heteroatoms. The van der Waals surface area contributed by atoms with Crippen LogP contribution in [-0.4, -0.2) is 16.7 Å². The van der Waals surface area contributed by atoms with Gasteiger partial charge in [-0.1, -0.05) is 60.7 Å². The minimum absolute atomic E-state index is 0.151. The maximum absolute atomic E-state index is 9.46. The fourth-order valence-corrected chi connectivity index (χ4v) is 3.77. The molecule has 0 amide bonds. The van der Waals surface area contributed by atoms with E-state index in [0.29, 0.717) is 6.42 Å². The lowest BCUT2D eigenvalue weighted by molar-refractivity contribution is 0.298. The number of pyridine rings is 1. The number of aromatic nitrogens is 1. The van der Waals surface area contributed by atoms with Gasteiger partial charge in [-0.3, -0.25) is 4.98 Å². The lowest BCUT2D eigenvalue weighted by Gasteiger charge is -2.18. The van der Waals surface area contributed by atoms with Crippen molar-refractivity contribution in [2.45, 2.75) is 25.7 Å². The topological polar surface area (TPSA) is 33.1 Å². The van der Waals surface area contributed by atoms with E-state index in [9.17, 15) is 5.11 Å². The summed E-state index contributed by atoms with van der Waals surface area (Å²) in [5.41, 5.74) is 8.56. The highest BCUT2D eigenvalue weighted by Gasteiger charge is 2.24. The van der Waals surface area contributed by atoms with Crippen molar-refractivity contribution < 1.29 is 5.11 Å². The molecule has 0 saturated heterocycles.